The highest BCUT2D eigenvalue weighted by molar-refractivity contribution is 5.87. The van der Waals surface area contributed by atoms with Gasteiger partial charge in [-0.3, -0.25) is 4.79 Å². The first-order valence-corrected chi connectivity index (χ1v) is 8.96. The lowest BCUT2D eigenvalue weighted by molar-refractivity contribution is -0.135. The Kier molecular flexibility index (Phi) is 7.31. The summed E-state index contributed by atoms with van der Waals surface area (Å²) in [5.41, 5.74) is 0. The summed E-state index contributed by atoms with van der Waals surface area (Å²) in [4.78, 5) is 26.7. The van der Waals surface area contributed by atoms with Crippen molar-refractivity contribution < 1.29 is 19.1 Å². The van der Waals surface area contributed by atoms with E-state index in [2.05, 4.69) is 10.6 Å². The fourth-order valence-corrected chi connectivity index (χ4v) is 3.04. The van der Waals surface area contributed by atoms with E-state index in [0.29, 0.717) is 25.3 Å². The molecule has 2 rings (SSSR count). The molecule has 25 heavy (non-hydrogen) atoms. The minimum Gasteiger partial charge on any atom is -0.467 e. The van der Waals surface area contributed by atoms with Gasteiger partial charge in [0.15, 0.2) is 0 Å². The van der Waals surface area contributed by atoms with Crippen LogP contribution in [0.1, 0.15) is 38.9 Å². The number of likely N-dealkylation sites (tertiary alicyclic amines) is 1. The molecule has 1 aromatic rings. The summed E-state index contributed by atoms with van der Waals surface area (Å²) in [5, 5.41) is 14.7. The first-order chi connectivity index (χ1) is 12.0. The maximum Gasteiger partial charge on any atom is 0.315 e. The van der Waals surface area contributed by atoms with Crippen molar-refractivity contribution in [2.75, 3.05) is 19.7 Å². The van der Waals surface area contributed by atoms with E-state index >= 15 is 0 Å². The van der Waals surface area contributed by atoms with Crippen LogP contribution in [0.4, 0.5) is 4.79 Å². The van der Waals surface area contributed by atoms with Crippen molar-refractivity contribution >= 4 is 11.9 Å². The smallest absolute Gasteiger partial charge is 0.315 e. The Balaban J connectivity index is 1.88. The van der Waals surface area contributed by atoms with Gasteiger partial charge in [0.25, 0.3) is 0 Å². The van der Waals surface area contributed by atoms with Gasteiger partial charge in [0.05, 0.1) is 12.8 Å². The second-order valence-electron chi connectivity index (χ2n) is 7.04. The molecule has 3 N–H and O–H groups in total. The van der Waals surface area contributed by atoms with E-state index in [4.69, 9.17) is 4.42 Å². The number of hydrogen-bond donors (Lipinski definition) is 3. The molecule has 1 atom stereocenters. The first kappa shape index (κ1) is 19.3. The molecule has 0 bridgehead atoms. The number of aliphatic hydroxyl groups excluding tert-OH is 1. The third kappa shape index (κ3) is 6.08. The van der Waals surface area contributed by atoms with E-state index in [-0.39, 0.29) is 36.9 Å². The number of nitrogens with one attached hydrogen (secondary N) is 2. The summed E-state index contributed by atoms with van der Waals surface area (Å²) in [6.07, 6.45) is 3.76. The highest BCUT2D eigenvalue weighted by atomic mass is 16.3. The van der Waals surface area contributed by atoms with E-state index in [1.54, 1.807) is 23.3 Å². The van der Waals surface area contributed by atoms with Crippen LogP contribution >= 0.6 is 0 Å². The molecule has 0 aliphatic carbocycles. The molecule has 0 radical (unpaired) electrons. The number of amides is 3. The molecule has 0 saturated carbocycles. The zero-order chi connectivity index (χ0) is 18.2. The van der Waals surface area contributed by atoms with Crippen molar-refractivity contribution in [1.29, 1.82) is 0 Å². The van der Waals surface area contributed by atoms with Gasteiger partial charge in [-0.05, 0) is 43.2 Å². The minimum atomic E-state index is -0.540. The van der Waals surface area contributed by atoms with Crippen LogP contribution in [0.15, 0.2) is 22.8 Å². The van der Waals surface area contributed by atoms with Crippen molar-refractivity contribution in [3.63, 3.8) is 0 Å². The van der Waals surface area contributed by atoms with Crippen LogP contribution < -0.4 is 10.6 Å². The van der Waals surface area contributed by atoms with Crippen molar-refractivity contribution in [2.24, 2.45) is 11.8 Å². The van der Waals surface area contributed by atoms with E-state index < -0.39 is 6.04 Å². The lowest BCUT2D eigenvalue weighted by Gasteiger charge is -2.34. The molecule has 7 heteroatoms. The number of rotatable bonds is 7. The molecule has 0 aromatic carbocycles. The van der Waals surface area contributed by atoms with Gasteiger partial charge in [0.1, 0.15) is 11.8 Å². The number of aliphatic hydroxyl groups is 1. The SMILES string of the molecule is CC(C)CC(NC(=O)NCc1ccco1)C(=O)N1CCC(CO)CC1. The highest BCUT2D eigenvalue weighted by Gasteiger charge is 2.29. The van der Waals surface area contributed by atoms with Crippen molar-refractivity contribution in [3.05, 3.63) is 24.2 Å². The fourth-order valence-electron chi connectivity index (χ4n) is 3.04. The molecule has 1 aliphatic rings. The number of nitrogens with zero attached hydrogens (tertiary/aromatic N) is 1. The van der Waals surface area contributed by atoms with Crippen LogP contribution in [0.2, 0.25) is 0 Å². The number of hydrogen-bond acceptors (Lipinski definition) is 4. The summed E-state index contributed by atoms with van der Waals surface area (Å²) < 4.78 is 5.18. The normalized spacial score (nSPS) is 16.7. The number of urea groups is 1. The van der Waals surface area contributed by atoms with Crippen LogP contribution in [-0.2, 0) is 11.3 Å². The van der Waals surface area contributed by atoms with Gasteiger partial charge in [0, 0.05) is 19.7 Å². The lowest BCUT2D eigenvalue weighted by atomic mass is 9.96. The third-order valence-electron chi connectivity index (χ3n) is 4.50. The topological polar surface area (TPSA) is 94.8 Å². The molecule has 3 amide bonds. The van der Waals surface area contributed by atoms with E-state index in [9.17, 15) is 14.7 Å². The van der Waals surface area contributed by atoms with Crippen LogP contribution in [0, 0.1) is 11.8 Å². The average Bonchev–Trinajstić information content (AvgIpc) is 3.12. The second-order valence-corrected chi connectivity index (χ2v) is 7.04. The maximum atomic E-state index is 12.8. The summed E-state index contributed by atoms with van der Waals surface area (Å²) in [5.74, 6) is 1.18. The quantitative estimate of drug-likeness (QED) is 0.697. The summed E-state index contributed by atoms with van der Waals surface area (Å²) in [7, 11) is 0. The molecule has 1 aromatic heterocycles. The standard InChI is InChI=1S/C18H29N3O4/c1-13(2)10-16(17(23)21-7-5-14(12-22)6-8-21)20-18(24)19-11-15-4-3-9-25-15/h3-4,9,13-14,16,22H,5-8,10-12H2,1-2H3,(H2,19,20,24). The Morgan fingerprint density at radius 1 is 1.36 bits per heavy atom. The third-order valence-corrected chi connectivity index (χ3v) is 4.50. The minimum absolute atomic E-state index is 0.0433. The van der Waals surface area contributed by atoms with Crippen LogP contribution in [0.3, 0.4) is 0 Å². The van der Waals surface area contributed by atoms with Gasteiger partial charge in [-0.15, -0.1) is 0 Å². The number of piperidine rings is 1. The van der Waals surface area contributed by atoms with Crippen molar-refractivity contribution in [2.45, 2.75) is 45.7 Å². The van der Waals surface area contributed by atoms with Crippen LogP contribution in [-0.4, -0.2) is 47.7 Å². The molecule has 140 valence electrons. The molecular formula is C18H29N3O4. The molecule has 1 unspecified atom stereocenters. The van der Waals surface area contributed by atoms with Gasteiger partial charge in [0.2, 0.25) is 5.91 Å². The molecule has 2 heterocycles. The fraction of sp³-hybridized carbons (Fsp3) is 0.667. The number of furan rings is 1. The summed E-state index contributed by atoms with van der Waals surface area (Å²) >= 11 is 0. The van der Waals surface area contributed by atoms with E-state index in [1.165, 1.54) is 0 Å². The van der Waals surface area contributed by atoms with E-state index in [1.807, 2.05) is 13.8 Å². The van der Waals surface area contributed by atoms with Crippen LogP contribution in [0.5, 0.6) is 0 Å². The Morgan fingerprint density at radius 3 is 2.64 bits per heavy atom. The predicted octanol–water partition coefficient (Wildman–Crippen LogP) is 1.72. The number of carbonyl (C=O) groups excluding carboxylic acids is 2. The zero-order valence-electron chi connectivity index (χ0n) is 15.0. The van der Waals surface area contributed by atoms with Gasteiger partial charge in [-0.2, -0.15) is 0 Å². The molecule has 1 aliphatic heterocycles. The van der Waals surface area contributed by atoms with Gasteiger partial charge in [-0.25, -0.2) is 4.79 Å². The van der Waals surface area contributed by atoms with Crippen LogP contribution in [0.25, 0.3) is 0 Å². The molecule has 7 nitrogen and oxygen atoms in total. The van der Waals surface area contributed by atoms with Gasteiger partial charge >= 0.3 is 6.03 Å². The Morgan fingerprint density at radius 2 is 2.08 bits per heavy atom. The van der Waals surface area contributed by atoms with Crippen molar-refractivity contribution in [1.82, 2.24) is 15.5 Å². The molecule has 1 saturated heterocycles. The monoisotopic (exact) mass is 351 g/mol. The Labute approximate surface area is 148 Å². The summed E-state index contributed by atoms with van der Waals surface area (Å²) in [6.45, 7) is 5.78. The first-order valence-electron chi connectivity index (χ1n) is 8.96. The zero-order valence-corrected chi connectivity index (χ0v) is 15.0. The highest BCUT2D eigenvalue weighted by Crippen LogP contribution is 2.18. The molecular weight excluding hydrogens is 322 g/mol. The Hall–Kier alpha value is -2.02. The largest absolute Gasteiger partial charge is 0.467 e. The second kappa shape index (κ2) is 9.46. The van der Waals surface area contributed by atoms with E-state index in [0.717, 1.165) is 12.8 Å². The summed E-state index contributed by atoms with van der Waals surface area (Å²) in [6, 6.07) is 2.63. The molecule has 0 spiro atoms. The number of carbonyl (C=O) groups is 2. The van der Waals surface area contributed by atoms with Crippen molar-refractivity contribution in [3.8, 4) is 0 Å². The molecule has 1 fully saturated rings. The maximum absolute atomic E-state index is 12.8. The predicted molar refractivity (Wildman–Crippen MR) is 93.7 cm³/mol. The van der Waals surface area contributed by atoms with Gasteiger partial charge < -0.3 is 25.1 Å². The van der Waals surface area contributed by atoms with Gasteiger partial charge in [-0.1, -0.05) is 13.8 Å². The lowest BCUT2D eigenvalue weighted by Crippen LogP contribution is -2.53. The Bertz CT molecular complexity index is 537. The average molecular weight is 351 g/mol.